The highest BCUT2D eigenvalue weighted by atomic mass is 16.2. The Balaban J connectivity index is 2.74. The SMILES string of the molecule is CCC(N)C(=O)Nc1c(C)n[nH]c1C. The Hall–Kier alpha value is -1.36. The van der Waals surface area contributed by atoms with E-state index in [1.165, 1.54) is 0 Å². The van der Waals surface area contributed by atoms with E-state index in [0.717, 1.165) is 17.1 Å². The van der Waals surface area contributed by atoms with Gasteiger partial charge in [0.1, 0.15) is 0 Å². The second kappa shape index (κ2) is 4.23. The van der Waals surface area contributed by atoms with Gasteiger partial charge in [0.15, 0.2) is 0 Å². The van der Waals surface area contributed by atoms with Crippen molar-refractivity contribution in [3.63, 3.8) is 0 Å². The lowest BCUT2D eigenvalue weighted by Gasteiger charge is -2.09. The zero-order valence-electron chi connectivity index (χ0n) is 8.72. The van der Waals surface area contributed by atoms with Crippen LogP contribution in [0.3, 0.4) is 0 Å². The zero-order chi connectivity index (χ0) is 10.7. The molecule has 1 aromatic rings. The molecule has 5 nitrogen and oxygen atoms in total. The summed E-state index contributed by atoms with van der Waals surface area (Å²) in [5, 5.41) is 9.52. The molecular weight excluding hydrogens is 180 g/mol. The maximum atomic E-state index is 11.5. The summed E-state index contributed by atoms with van der Waals surface area (Å²) in [5.74, 6) is -0.167. The molecule has 0 aliphatic rings. The Morgan fingerprint density at radius 2 is 2.29 bits per heavy atom. The van der Waals surface area contributed by atoms with E-state index in [0.29, 0.717) is 6.42 Å². The van der Waals surface area contributed by atoms with E-state index in [4.69, 9.17) is 5.73 Å². The summed E-state index contributed by atoms with van der Waals surface area (Å²) in [6.07, 6.45) is 0.627. The van der Waals surface area contributed by atoms with Crippen LogP contribution >= 0.6 is 0 Å². The van der Waals surface area contributed by atoms with E-state index in [-0.39, 0.29) is 5.91 Å². The van der Waals surface area contributed by atoms with Crippen molar-refractivity contribution in [2.24, 2.45) is 5.73 Å². The van der Waals surface area contributed by atoms with Gasteiger partial charge in [0.2, 0.25) is 5.91 Å². The van der Waals surface area contributed by atoms with Crippen molar-refractivity contribution in [3.8, 4) is 0 Å². The minimum absolute atomic E-state index is 0.167. The molecule has 0 aliphatic carbocycles. The van der Waals surface area contributed by atoms with Gasteiger partial charge < -0.3 is 11.1 Å². The van der Waals surface area contributed by atoms with Crippen LogP contribution in [0.2, 0.25) is 0 Å². The lowest BCUT2D eigenvalue weighted by Crippen LogP contribution is -2.35. The molecule has 14 heavy (non-hydrogen) atoms. The zero-order valence-corrected chi connectivity index (χ0v) is 8.72. The lowest BCUT2D eigenvalue weighted by atomic mass is 10.2. The number of aromatic nitrogens is 2. The topological polar surface area (TPSA) is 83.8 Å². The number of nitrogens with zero attached hydrogens (tertiary/aromatic N) is 1. The van der Waals surface area contributed by atoms with Crippen LogP contribution in [0.5, 0.6) is 0 Å². The van der Waals surface area contributed by atoms with E-state index in [2.05, 4.69) is 15.5 Å². The molecule has 0 fully saturated rings. The molecular formula is C9H16N4O. The van der Waals surface area contributed by atoms with E-state index in [1.54, 1.807) is 0 Å². The molecule has 0 saturated carbocycles. The van der Waals surface area contributed by atoms with Crippen molar-refractivity contribution < 1.29 is 4.79 Å². The second-order valence-electron chi connectivity index (χ2n) is 3.31. The molecule has 1 aromatic heterocycles. The predicted octanol–water partition coefficient (Wildman–Crippen LogP) is 0.702. The fourth-order valence-corrected chi connectivity index (χ4v) is 1.14. The van der Waals surface area contributed by atoms with Gasteiger partial charge in [0.05, 0.1) is 23.1 Å². The quantitative estimate of drug-likeness (QED) is 0.665. The molecule has 0 radical (unpaired) electrons. The van der Waals surface area contributed by atoms with Crippen LogP contribution in [0.4, 0.5) is 5.69 Å². The molecule has 1 amide bonds. The molecule has 1 unspecified atom stereocenters. The number of anilines is 1. The normalized spacial score (nSPS) is 12.6. The first-order valence-corrected chi connectivity index (χ1v) is 4.64. The van der Waals surface area contributed by atoms with Crippen LogP contribution in [0.1, 0.15) is 24.7 Å². The van der Waals surface area contributed by atoms with Gasteiger partial charge in [-0.25, -0.2) is 0 Å². The number of nitrogens with two attached hydrogens (primary N) is 1. The first kappa shape index (κ1) is 10.7. The Morgan fingerprint density at radius 1 is 1.64 bits per heavy atom. The van der Waals surface area contributed by atoms with Crippen molar-refractivity contribution >= 4 is 11.6 Å². The number of aryl methyl sites for hydroxylation is 2. The maximum absolute atomic E-state index is 11.5. The number of hydrogen-bond acceptors (Lipinski definition) is 3. The Labute approximate surface area is 83.1 Å². The van der Waals surface area contributed by atoms with Gasteiger partial charge in [-0.15, -0.1) is 0 Å². The van der Waals surface area contributed by atoms with Crippen LogP contribution in [0.25, 0.3) is 0 Å². The Bertz CT molecular complexity index is 312. The summed E-state index contributed by atoms with van der Waals surface area (Å²) in [6.45, 7) is 5.56. The fourth-order valence-electron chi connectivity index (χ4n) is 1.14. The van der Waals surface area contributed by atoms with Gasteiger partial charge in [-0.05, 0) is 20.3 Å². The summed E-state index contributed by atoms with van der Waals surface area (Å²) in [5.41, 5.74) is 7.95. The largest absolute Gasteiger partial charge is 0.322 e. The van der Waals surface area contributed by atoms with Gasteiger partial charge >= 0.3 is 0 Å². The first-order valence-electron chi connectivity index (χ1n) is 4.64. The standard InChI is InChI=1S/C9H16N4O/c1-4-7(10)9(14)11-8-5(2)12-13-6(8)3/h7H,4,10H2,1-3H3,(H,11,14)(H,12,13). The molecule has 0 aromatic carbocycles. The molecule has 0 spiro atoms. The summed E-state index contributed by atoms with van der Waals surface area (Å²) in [6, 6.07) is -0.455. The highest BCUT2D eigenvalue weighted by Crippen LogP contribution is 2.15. The van der Waals surface area contributed by atoms with Crippen LogP contribution in [-0.2, 0) is 4.79 Å². The summed E-state index contributed by atoms with van der Waals surface area (Å²) in [4.78, 5) is 11.5. The fraction of sp³-hybridized carbons (Fsp3) is 0.556. The van der Waals surface area contributed by atoms with Crippen LogP contribution < -0.4 is 11.1 Å². The third-order valence-electron chi connectivity index (χ3n) is 2.15. The Morgan fingerprint density at radius 3 is 2.71 bits per heavy atom. The number of nitrogens with one attached hydrogen (secondary N) is 2. The molecule has 0 saturated heterocycles. The minimum atomic E-state index is -0.455. The molecule has 1 heterocycles. The van der Waals surface area contributed by atoms with Crippen molar-refractivity contribution in [1.82, 2.24) is 10.2 Å². The highest BCUT2D eigenvalue weighted by molar-refractivity contribution is 5.95. The summed E-state index contributed by atoms with van der Waals surface area (Å²) >= 11 is 0. The average molecular weight is 196 g/mol. The van der Waals surface area contributed by atoms with Crippen molar-refractivity contribution in [1.29, 1.82) is 0 Å². The number of aromatic amines is 1. The number of amides is 1. The average Bonchev–Trinajstić information content (AvgIpc) is 2.48. The van der Waals surface area contributed by atoms with Gasteiger partial charge in [0.25, 0.3) is 0 Å². The maximum Gasteiger partial charge on any atom is 0.241 e. The number of H-pyrrole nitrogens is 1. The molecule has 5 heteroatoms. The number of hydrogen-bond donors (Lipinski definition) is 3. The van der Waals surface area contributed by atoms with E-state index >= 15 is 0 Å². The Kier molecular flexibility index (Phi) is 3.24. The van der Waals surface area contributed by atoms with Gasteiger partial charge in [-0.3, -0.25) is 9.89 Å². The molecule has 4 N–H and O–H groups in total. The van der Waals surface area contributed by atoms with Crippen LogP contribution in [0, 0.1) is 13.8 Å². The lowest BCUT2D eigenvalue weighted by molar-refractivity contribution is -0.117. The van der Waals surface area contributed by atoms with E-state index < -0.39 is 6.04 Å². The van der Waals surface area contributed by atoms with Gasteiger partial charge in [-0.1, -0.05) is 6.92 Å². The van der Waals surface area contributed by atoms with E-state index in [9.17, 15) is 4.79 Å². The number of rotatable bonds is 3. The molecule has 0 bridgehead atoms. The van der Waals surface area contributed by atoms with Crippen molar-refractivity contribution in [2.75, 3.05) is 5.32 Å². The molecule has 78 valence electrons. The minimum Gasteiger partial charge on any atom is -0.322 e. The molecule has 1 atom stereocenters. The number of carbonyl (C=O) groups excluding carboxylic acids is 1. The van der Waals surface area contributed by atoms with Gasteiger partial charge in [-0.2, -0.15) is 5.10 Å². The summed E-state index contributed by atoms with van der Waals surface area (Å²) < 4.78 is 0. The smallest absolute Gasteiger partial charge is 0.241 e. The second-order valence-corrected chi connectivity index (χ2v) is 3.31. The van der Waals surface area contributed by atoms with Gasteiger partial charge in [0, 0.05) is 0 Å². The first-order chi connectivity index (χ1) is 6.56. The number of carbonyl (C=O) groups is 1. The van der Waals surface area contributed by atoms with E-state index in [1.807, 2.05) is 20.8 Å². The highest BCUT2D eigenvalue weighted by Gasteiger charge is 2.14. The summed E-state index contributed by atoms with van der Waals surface area (Å²) in [7, 11) is 0. The van der Waals surface area contributed by atoms with Crippen molar-refractivity contribution in [3.05, 3.63) is 11.4 Å². The third kappa shape index (κ3) is 2.11. The predicted molar refractivity (Wildman–Crippen MR) is 55.0 cm³/mol. The third-order valence-corrected chi connectivity index (χ3v) is 2.15. The van der Waals surface area contributed by atoms with Crippen molar-refractivity contribution in [2.45, 2.75) is 33.2 Å². The molecule has 0 aliphatic heterocycles. The monoisotopic (exact) mass is 196 g/mol. The molecule has 1 rings (SSSR count). The van der Waals surface area contributed by atoms with Crippen LogP contribution in [0.15, 0.2) is 0 Å². The van der Waals surface area contributed by atoms with Crippen LogP contribution in [-0.4, -0.2) is 22.1 Å².